The highest BCUT2D eigenvalue weighted by Gasteiger charge is 2.12. The molecule has 0 aromatic heterocycles. The maximum absolute atomic E-state index is 10.9. The normalized spacial score (nSPS) is 11.0. The lowest BCUT2D eigenvalue weighted by molar-refractivity contribution is -0.136. The summed E-state index contributed by atoms with van der Waals surface area (Å²) >= 11 is 0. The third-order valence-electron chi connectivity index (χ3n) is 2.72. The van der Waals surface area contributed by atoms with Crippen LogP contribution in [0.2, 0.25) is 0 Å². The number of carboxylic acids is 1. The van der Waals surface area contributed by atoms with E-state index in [0.29, 0.717) is 11.3 Å². The molecule has 5 nitrogen and oxygen atoms in total. The third kappa shape index (κ3) is 4.07. The lowest BCUT2D eigenvalue weighted by atomic mass is 10.1. The van der Waals surface area contributed by atoms with Gasteiger partial charge >= 0.3 is 5.97 Å². The first-order valence-corrected chi connectivity index (χ1v) is 6.35. The maximum Gasteiger partial charge on any atom is 0.307 e. The van der Waals surface area contributed by atoms with Crippen LogP contribution in [0.25, 0.3) is 0 Å². The van der Waals surface area contributed by atoms with Gasteiger partial charge in [0.25, 0.3) is 5.90 Å². The van der Waals surface area contributed by atoms with Crippen LogP contribution in [0.15, 0.2) is 59.8 Å². The number of nitrogens with zero attached hydrogens (tertiary/aromatic N) is 1. The van der Waals surface area contributed by atoms with E-state index in [0.717, 1.165) is 5.56 Å². The monoisotopic (exact) mass is 285 g/mol. The third-order valence-corrected chi connectivity index (χ3v) is 2.72. The van der Waals surface area contributed by atoms with Crippen LogP contribution in [0.1, 0.15) is 11.1 Å². The van der Waals surface area contributed by atoms with Crippen LogP contribution in [-0.4, -0.2) is 24.1 Å². The van der Waals surface area contributed by atoms with Crippen molar-refractivity contribution in [2.45, 2.75) is 6.42 Å². The molecule has 0 fully saturated rings. The van der Waals surface area contributed by atoms with Gasteiger partial charge in [0.05, 0.1) is 6.42 Å². The van der Waals surface area contributed by atoms with Gasteiger partial charge in [-0.25, -0.2) is 0 Å². The van der Waals surface area contributed by atoms with Crippen molar-refractivity contribution in [2.24, 2.45) is 5.16 Å². The smallest absolute Gasteiger partial charge is 0.307 e. The van der Waals surface area contributed by atoms with E-state index in [1.165, 1.54) is 7.11 Å². The fourth-order valence-corrected chi connectivity index (χ4v) is 1.81. The minimum Gasteiger partial charge on any atom is -0.481 e. The summed E-state index contributed by atoms with van der Waals surface area (Å²) in [5.41, 5.74) is 1.31. The minimum absolute atomic E-state index is 0.120. The Hall–Kier alpha value is -2.82. The topological polar surface area (TPSA) is 68.1 Å². The number of aliphatic carboxylic acids is 1. The number of para-hydroxylation sites is 1. The van der Waals surface area contributed by atoms with Crippen molar-refractivity contribution < 1.29 is 19.5 Å². The SMILES string of the molecule is CON=C(Oc1ccccc1CC(=O)O)c1ccccc1. The highest BCUT2D eigenvalue weighted by atomic mass is 16.6. The number of carbonyl (C=O) groups is 1. The zero-order valence-corrected chi connectivity index (χ0v) is 11.5. The molecule has 2 aromatic carbocycles. The molecule has 21 heavy (non-hydrogen) atoms. The van der Waals surface area contributed by atoms with Gasteiger partial charge in [0.2, 0.25) is 0 Å². The zero-order valence-electron chi connectivity index (χ0n) is 11.5. The van der Waals surface area contributed by atoms with E-state index in [4.69, 9.17) is 14.7 Å². The van der Waals surface area contributed by atoms with Gasteiger partial charge in [-0.3, -0.25) is 4.79 Å². The Bertz CT molecular complexity index is 638. The largest absolute Gasteiger partial charge is 0.481 e. The molecule has 108 valence electrons. The van der Waals surface area contributed by atoms with Gasteiger partial charge in [-0.1, -0.05) is 36.4 Å². The Kier molecular flexibility index (Phi) is 4.93. The fourth-order valence-electron chi connectivity index (χ4n) is 1.81. The van der Waals surface area contributed by atoms with Crippen LogP contribution in [0.5, 0.6) is 5.75 Å². The number of carboxylic acid groups (broad SMARTS) is 1. The first kappa shape index (κ1) is 14.6. The Balaban J connectivity index is 2.30. The molecule has 0 radical (unpaired) electrons. The molecule has 0 unspecified atom stereocenters. The van der Waals surface area contributed by atoms with Gasteiger partial charge in [-0.15, -0.1) is 0 Å². The lowest BCUT2D eigenvalue weighted by Crippen LogP contribution is -2.13. The molecule has 0 aliphatic rings. The van der Waals surface area contributed by atoms with Crippen molar-refractivity contribution in [3.63, 3.8) is 0 Å². The summed E-state index contributed by atoms with van der Waals surface area (Å²) in [6.07, 6.45) is -0.120. The molecule has 0 aliphatic heterocycles. The Morgan fingerprint density at radius 3 is 2.43 bits per heavy atom. The van der Waals surface area contributed by atoms with Crippen LogP contribution >= 0.6 is 0 Å². The Morgan fingerprint density at radius 2 is 1.76 bits per heavy atom. The van der Waals surface area contributed by atoms with Crippen LogP contribution in [-0.2, 0) is 16.1 Å². The van der Waals surface area contributed by atoms with Gasteiger partial charge in [0, 0.05) is 11.1 Å². The van der Waals surface area contributed by atoms with Gasteiger partial charge < -0.3 is 14.7 Å². The number of benzene rings is 2. The number of hydrogen-bond acceptors (Lipinski definition) is 4. The summed E-state index contributed by atoms with van der Waals surface area (Å²) in [6, 6.07) is 16.2. The predicted octanol–water partition coefficient (Wildman–Crippen LogP) is 2.70. The second kappa shape index (κ2) is 7.09. The minimum atomic E-state index is -0.920. The molecule has 0 saturated carbocycles. The zero-order chi connectivity index (χ0) is 15.1. The molecule has 0 spiro atoms. The molecule has 0 saturated heterocycles. The first-order chi connectivity index (χ1) is 10.2. The summed E-state index contributed by atoms with van der Waals surface area (Å²) in [5, 5.41) is 12.8. The van der Waals surface area contributed by atoms with Crippen molar-refractivity contribution in [3.05, 3.63) is 65.7 Å². The summed E-state index contributed by atoms with van der Waals surface area (Å²) in [7, 11) is 1.43. The lowest BCUT2D eigenvalue weighted by Gasteiger charge is -2.11. The highest BCUT2D eigenvalue weighted by Crippen LogP contribution is 2.20. The van der Waals surface area contributed by atoms with E-state index in [2.05, 4.69) is 5.16 Å². The van der Waals surface area contributed by atoms with Gasteiger partial charge in [0.15, 0.2) is 0 Å². The van der Waals surface area contributed by atoms with E-state index < -0.39 is 5.97 Å². The molecule has 0 heterocycles. The van der Waals surface area contributed by atoms with Crippen molar-refractivity contribution in [1.29, 1.82) is 0 Å². The van der Waals surface area contributed by atoms with Crippen LogP contribution in [0, 0.1) is 0 Å². The van der Waals surface area contributed by atoms with E-state index in [1.54, 1.807) is 24.3 Å². The molecular weight excluding hydrogens is 270 g/mol. The Labute approximate surface area is 122 Å². The number of oxime groups is 1. The molecule has 0 amide bonds. The second-order valence-corrected chi connectivity index (χ2v) is 4.23. The van der Waals surface area contributed by atoms with Crippen LogP contribution < -0.4 is 4.74 Å². The summed E-state index contributed by atoms with van der Waals surface area (Å²) in [6.45, 7) is 0. The molecule has 0 aliphatic carbocycles. The standard InChI is InChI=1S/C16H15NO4/c1-20-17-16(12-7-3-2-4-8-12)21-14-10-6-5-9-13(14)11-15(18)19/h2-10H,11H2,1H3,(H,18,19). The first-order valence-electron chi connectivity index (χ1n) is 6.35. The van der Waals surface area contributed by atoms with E-state index in [1.807, 2.05) is 30.3 Å². The number of ether oxygens (including phenoxy) is 1. The average Bonchev–Trinajstić information content (AvgIpc) is 2.49. The fraction of sp³-hybridized carbons (Fsp3) is 0.125. The number of rotatable bonds is 5. The summed E-state index contributed by atoms with van der Waals surface area (Å²) < 4.78 is 5.73. The van der Waals surface area contributed by atoms with Crippen molar-refractivity contribution in [2.75, 3.05) is 7.11 Å². The molecule has 1 N–H and O–H groups in total. The Morgan fingerprint density at radius 1 is 1.10 bits per heavy atom. The number of hydrogen-bond donors (Lipinski definition) is 1. The predicted molar refractivity (Wildman–Crippen MR) is 78.4 cm³/mol. The van der Waals surface area contributed by atoms with Gasteiger partial charge in [0.1, 0.15) is 12.9 Å². The van der Waals surface area contributed by atoms with Gasteiger partial charge in [-0.2, -0.15) is 0 Å². The maximum atomic E-state index is 10.9. The molecule has 5 heteroatoms. The molecule has 0 bridgehead atoms. The van der Waals surface area contributed by atoms with Crippen LogP contribution in [0.3, 0.4) is 0 Å². The summed E-state index contributed by atoms with van der Waals surface area (Å²) in [4.78, 5) is 15.7. The average molecular weight is 285 g/mol. The van der Waals surface area contributed by atoms with Crippen molar-refractivity contribution in [1.82, 2.24) is 0 Å². The molecular formula is C16H15NO4. The summed E-state index contributed by atoms with van der Waals surface area (Å²) in [5.74, 6) is -0.202. The van der Waals surface area contributed by atoms with E-state index in [-0.39, 0.29) is 12.3 Å². The van der Waals surface area contributed by atoms with Crippen molar-refractivity contribution >= 4 is 11.9 Å². The highest BCUT2D eigenvalue weighted by molar-refractivity contribution is 5.95. The van der Waals surface area contributed by atoms with Crippen LogP contribution in [0.4, 0.5) is 0 Å². The molecule has 2 rings (SSSR count). The van der Waals surface area contributed by atoms with E-state index >= 15 is 0 Å². The van der Waals surface area contributed by atoms with Crippen molar-refractivity contribution in [3.8, 4) is 5.75 Å². The van der Waals surface area contributed by atoms with E-state index in [9.17, 15) is 4.79 Å². The van der Waals surface area contributed by atoms with Gasteiger partial charge in [-0.05, 0) is 23.4 Å². The quantitative estimate of drug-likeness (QED) is 0.521. The second-order valence-electron chi connectivity index (χ2n) is 4.23. The molecule has 2 aromatic rings. The molecule has 0 atom stereocenters.